The molecule has 0 aliphatic carbocycles. The fourth-order valence-corrected chi connectivity index (χ4v) is 2.78. The van der Waals surface area contributed by atoms with Crippen molar-refractivity contribution in [3.8, 4) is 0 Å². The molecule has 0 aromatic heterocycles. The molecule has 14 heavy (non-hydrogen) atoms. The molecule has 0 heterocycles. The largest absolute Gasteiger partial charge is 0.293 e. The van der Waals surface area contributed by atoms with E-state index in [1.165, 1.54) is 0 Å². The first-order chi connectivity index (χ1) is 6.57. The molecule has 0 bridgehead atoms. The highest BCUT2D eigenvalue weighted by Crippen LogP contribution is 2.25. The topological polar surface area (TPSA) is 17.1 Å². The maximum absolute atomic E-state index is 11.7. The average molecular weight is 385 g/mol. The number of carbonyl (C=O) groups is 1. The Morgan fingerprint density at radius 3 is 2.64 bits per heavy atom. The van der Waals surface area contributed by atoms with E-state index in [9.17, 15) is 4.79 Å². The molecule has 1 nitrogen and oxygen atoms in total. The molecule has 0 aliphatic rings. The number of Topliss-reactive ketones (excluding diaryl/α,β-unsaturated/α-hetero) is 1. The molecule has 1 rings (SSSR count). The van der Waals surface area contributed by atoms with Crippen LogP contribution in [0, 0.1) is 0 Å². The minimum Gasteiger partial charge on any atom is -0.293 e. The van der Waals surface area contributed by atoms with Crippen molar-refractivity contribution in [2.75, 3.05) is 0 Å². The van der Waals surface area contributed by atoms with Gasteiger partial charge in [0.25, 0.3) is 0 Å². The van der Waals surface area contributed by atoms with Gasteiger partial charge in [-0.05, 0) is 28.4 Å². The minimum atomic E-state index is -0.149. The molecule has 0 fully saturated rings. The first kappa shape index (κ1) is 12.4. The van der Waals surface area contributed by atoms with Gasteiger partial charge in [0.1, 0.15) is 0 Å². The summed E-state index contributed by atoms with van der Waals surface area (Å²) in [5.74, 6) is 0.0969. The summed E-state index contributed by atoms with van der Waals surface area (Å²) in [4.78, 5) is 11.6. The number of benzene rings is 1. The summed E-state index contributed by atoms with van der Waals surface area (Å²) < 4.78 is 0.883. The fourth-order valence-electron chi connectivity index (χ4n) is 1.09. The van der Waals surface area contributed by atoms with Crippen molar-refractivity contribution in [2.24, 2.45) is 0 Å². The SMILES string of the molecule is CC(Br)C(=O)c1cccc(CBr)c1Br. The van der Waals surface area contributed by atoms with E-state index in [2.05, 4.69) is 47.8 Å². The van der Waals surface area contributed by atoms with Crippen LogP contribution in [0.3, 0.4) is 0 Å². The fraction of sp³-hybridized carbons (Fsp3) is 0.300. The molecule has 0 saturated heterocycles. The van der Waals surface area contributed by atoms with Crippen LogP contribution < -0.4 is 0 Å². The Morgan fingerprint density at radius 2 is 2.14 bits per heavy atom. The first-order valence-corrected chi connectivity index (χ1v) is 6.92. The zero-order valence-corrected chi connectivity index (χ0v) is 12.3. The quantitative estimate of drug-likeness (QED) is 0.560. The lowest BCUT2D eigenvalue weighted by Crippen LogP contribution is -2.11. The van der Waals surface area contributed by atoms with E-state index in [1.54, 1.807) is 0 Å². The third-order valence-corrected chi connectivity index (χ3v) is 3.81. The summed E-state index contributed by atoms with van der Waals surface area (Å²) in [5.41, 5.74) is 1.82. The molecule has 0 N–H and O–H groups in total. The standard InChI is InChI=1S/C10H9Br3O/c1-6(12)10(14)8-4-2-3-7(5-11)9(8)13/h2-4,6H,5H2,1H3. The maximum atomic E-state index is 11.7. The van der Waals surface area contributed by atoms with E-state index in [4.69, 9.17) is 0 Å². The molecule has 76 valence electrons. The molecule has 0 amide bonds. The third kappa shape index (κ3) is 2.67. The molecule has 0 radical (unpaired) electrons. The van der Waals surface area contributed by atoms with Crippen LogP contribution in [0.15, 0.2) is 22.7 Å². The minimum absolute atomic E-state index is 0.0969. The average Bonchev–Trinajstić information content (AvgIpc) is 2.17. The second-order valence-electron chi connectivity index (χ2n) is 2.89. The molecule has 1 aromatic rings. The zero-order chi connectivity index (χ0) is 10.7. The van der Waals surface area contributed by atoms with Crippen molar-refractivity contribution >= 4 is 53.6 Å². The highest BCUT2D eigenvalue weighted by Gasteiger charge is 2.16. The van der Waals surface area contributed by atoms with Crippen molar-refractivity contribution < 1.29 is 4.79 Å². The second-order valence-corrected chi connectivity index (χ2v) is 5.62. The van der Waals surface area contributed by atoms with Crippen molar-refractivity contribution in [3.63, 3.8) is 0 Å². The predicted molar refractivity (Wildman–Crippen MR) is 69.5 cm³/mol. The van der Waals surface area contributed by atoms with Gasteiger partial charge in [-0.15, -0.1) is 0 Å². The van der Waals surface area contributed by atoms with Gasteiger partial charge in [-0.2, -0.15) is 0 Å². The van der Waals surface area contributed by atoms with Gasteiger partial charge in [0, 0.05) is 15.4 Å². The Balaban J connectivity index is 3.16. The molecule has 0 spiro atoms. The van der Waals surface area contributed by atoms with Crippen molar-refractivity contribution in [1.29, 1.82) is 0 Å². The molecule has 4 heteroatoms. The zero-order valence-electron chi connectivity index (χ0n) is 7.56. The van der Waals surface area contributed by atoms with Crippen molar-refractivity contribution in [3.05, 3.63) is 33.8 Å². The number of alkyl halides is 2. The highest BCUT2D eigenvalue weighted by atomic mass is 79.9. The highest BCUT2D eigenvalue weighted by molar-refractivity contribution is 9.11. The molecule has 1 unspecified atom stereocenters. The summed E-state index contributed by atoms with van der Waals surface area (Å²) in [5, 5.41) is 0.741. The Kier molecular flexibility index (Phi) is 4.80. The number of ketones is 1. The van der Waals surface area contributed by atoms with E-state index in [0.29, 0.717) is 0 Å². The third-order valence-electron chi connectivity index (χ3n) is 1.85. The van der Waals surface area contributed by atoms with E-state index in [1.807, 2.05) is 25.1 Å². The van der Waals surface area contributed by atoms with Gasteiger partial charge in [-0.3, -0.25) is 4.79 Å². The van der Waals surface area contributed by atoms with Crippen LogP contribution in [0.25, 0.3) is 0 Å². The lowest BCUT2D eigenvalue weighted by Gasteiger charge is -2.08. The second kappa shape index (κ2) is 5.42. The van der Waals surface area contributed by atoms with Crippen LogP contribution in [0.4, 0.5) is 0 Å². The summed E-state index contributed by atoms with van der Waals surface area (Å²) in [6, 6.07) is 5.70. The Hall–Kier alpha value is 0.330. The van der Waals surface area contributed by atoms with Crippen molar-refractivity contribution in [1.82, 2.24) is 0 Å². The normalized spacial score (nSPS) is 12.6. The monoisotopic (exact) mass is 382 g/mol. The van der Waals surface area contributed by atoms with Gasteiger partial charge < -0.3 is 0 Å². The van der Waals surface area contributed by atoms with Gasteiger partial charge >= 0.3 is 0 Å². The Labute approximate surface area is 109 Å². The van der Waals surface area contributed by atoms with Gasteiger partial charge in [-0.1, -0.05) is 50.1 Å². The smallest absolute Gasteiger partial charge is 0.177 e. The number of carbonyl (C=O) groups excluding carboxylic acids is 1. The number of halogens is 3. The van der Waals surface area contributed by atoms with E-state index < -0.39 is 0 Å². The van der Waals surface area contributed by atoms with E-state index in [0.717, 1.165) is 20.9 Å². The lowest BCUT2D eigenvalue weighted by atomic mass is 10.1. The van der Waals surface area contributed by atoms with Gasteiger partial charge in [0.2, 0.25) is 0 Å². The predicted octanol–water partition coefficient (Wildman–Crippen LogP) is 4.31. The van der Waals surface area contributed by atoms with Crippen molar-refractivity contribution in [2.45, 2.75) is 17.1 Å². The molecular weight excluding hydrogens is 376 g/mol. The van der Waals surface area contributed by atoms with Crippen LogP contribution >= 0.6 is 47.8 Å². The van der Waals surface area contributed by atoms with Gasteiger partial charge in [0.05, 0.1) is 4.83 Å². The summed E-state index contributed by atoms with van der Waals surface area (Å²) >= 11 is 10.1. The lowest BCUT2D eigenvalue weighted by molar-refractivity contribution is 0.0995. The van der Waals surface area contributed by atoms with E-state index >= 15 is 0 Å². The van der Waals surface area contributed by atoms with Crippen LogP contribution in [-0.2, 0) is 5.33 Å². The summed E-state index contributed by atoms with van der Waals surface area (Å²) in [6.07, 6.45) is 0. The summed E-state index contributed by atoms with van der Waals surface area (Å²) in [6.45, 7) is 1.83. The van der Waals surface area contributed by atoms with Crippen LogP contribution in [0.5, 0.6) is 0 Å². The molecule has 1 atom stereocenters. The van der Waals surface area contributed by atoms with Crippen LogP contribution in [0.2, 0.25) is 0 Å². The molecule has 1 aromatic carbocycles. The molecular formula is C10H9Br3O. The van der Waals surface area contributed by atoms with Gasteiger partial charge in [-0.25, -0.2) is 0 Å². The first-order valence-electron chi connectivity index (χ1n) is 4.09. The van der Waals surface area contributed by atoms with E-state index in [-0.39, 0.29) is 10.6 Å². The van der Waals surface area contributed by atoms with Crippen LogP contribution in [-0.4, -0.2) is 10.6 Å². The number of rotatable bonds is 3. The molecule has 0 aliphatic heterocycles. The number of hydrogen-bond donors (Lipinski definition) is 0. The molecule has 0 saturated carbocycles. The number of hydrogen-bond acceptors (Lipinski definition) is 1. The van der Waals surface area contributed by atoms with Crippen LogP contribution in [0.1, 0.15) is 22.8 Å². The Morgan fingerprint density at radius 1 is 1.50 bits per heavy atom. The Bertz CT molecular complexity index is 347. The van der Waals surface area contributed by atoms with Gasteiger partial charge in [0.15, 0.2) is 5.78 Å². The summed E-state index contributed by atoms with van der Waals surface area (Å²) in [7, 11) is 0. The maximum Gasteiger partial charge on any atom is 0.177 e.